The Morgan fingerprint density at radius 1 is 1.29 bits per heavy atom. The number of rotatable bonds is 5. The number of benzene rings is 1. The summed E-state index contributed by atoms with van der Waals surface area (Å²) in [6.45, 7) is 6.49. The number of urea groups is 1. The van der Waals surface area contributed by atoms with Crippen molar-refractivity contribution in [3.63, 3.8) is 0 Å². The fourth-order valence-electron chi connectivity index (χ4n) is 2.54. The van der Waals surface area contributed by atoms with Crippen LogP contribution in [0, 0.1) is 0 Å². The molecule has 1 unspecified atom stereocenters. The summed E-state index contributed by atoms with van der Waals surface area (Å²) in [5.74, 6) is -0.0123. The maximum atomic E-state index is 11.9. The minimum Gasteiger partial charge on any atom is -0.336 e. The molecule has 2 amide bonds. The van der Waals surface area contributed by atoms with Crippen LogP contribution in [0.3, 0.4) is 0 Å². The number of likely N-dealkylation sites (tertiary alicyclic amines) is 1. The van der Waals surface area contributed by atoms with Gasteiger partial charge in [0, 0.05) is 23.8 Å². The third-order valence-electron chi connectivity index (χ3n) is 3.85. The van der Waals surface area contributed by atoms with Gasteiger partial charge in [-0.2, -0.15) is 0 Å². The molecular weight excluding hydrogens is 266 g/mol. The highest BCUT2D eigenvalue weighted by molar-refractivity contribution is 5.96. The van der Waals surface area contributed by atoms with E-state index >= 15 is 0 Å². The highest BCUT2D eigenvalue weighted by Crippen LogP contribution is 2.12. The van der Waals surface area contributed by atoms with Crippen LogP contribution in [0.15, 0.2) is 24.3 Å². The standard InChI is InChI=1S/C16H23N3O2/c1-12(19-8-3-4-9-19)11-17-16(21)18-15-7-5-6-14(10-15)13(2)20/h5-7,10,12H,3-4,8-9,11H2,1-2H3,(H2,17,18,21). The molecule has 0 spiro atoms. The topological polar surface area (TPSA) is 61.4 Å². The van der Waals surface area contributed by atoms with Gasteiger partial charge in [-0.1, -0.05) is 12.1 Å². The van der Waals surface area contributed by atoms with E-state index in [9.17, 15) is 9.59 Å². The maximum Gasteiger partial charge on any atom is 0.319 e. The van der Waals surface area contributed by atoms with E-state index in [1.807, 2.05) is 0 Å². The van der Waals surface area contributed by atoms with Gasteiger partial charge in [0.2, 0.25) is 0 Å². The van der Waals surface area contributed by atoms with Crippen LogP contribution >= 0.6 is 0 Å². The zero-order chi connectivity index (χ0) is 15.2. The fraction of sp³-hybridized carbons (Fsp3) is 0.500. The lowest BCUT2D eigenvalue weighted by atomic mass is 10.1. The molecule has 1 saturated heterocycles. The van der Waals surface area contributed by atoms with Gasteiger partial charge in [-0.05, 0) is 51.9 Å². The SMILES string of the molecule is CC(=O)c1cccc(NC(=O)NCC(C)N2CCCC2)c1. The molecule has 5 nitrogen and oxygen atoms in total. The van der Waals surface area contributed by atoms with Gasteiger partial charge >= 0.3 is 6.03 Å². The Labute approximate surface area is 125 Å². The number of nitrogens with zero attached hydrogens (tertiary/aromatic N) is 1. The number of amides is 2. The number of Topliss-reactive ketones (excluding diaryl/α,β-unsaturated/α-hetero) is 1. The van der Waals surface area contributed by atoms with Crippen molar-refractivity contribution in [1.82, 2.24) is 10.2 Å². The first kappa shape index (κ1) is 15.5. The molecule has 0 aliphatic carbocycles. The van der Waals surface area contributed by atoms with E-state index in [4.69, 9.17) is 0 Å². The number of hydrogen-bond acceptors (Lipinski definition) is 3. The second kappa shape index (κ2) is 7.22. The summed E-state index contributed by atoms with van der Waals surface area (Å²) in [5.41, 5.74) is 1.23. The molecule has 1 fully saturated rings. The molecule has 1 aliphatic rings. The van der Waals surface area contributed by atoms with E-state index < -0.39 is 0 Å². The van der Waals surface area contributed by atoms with Crippen molar-refractivity contribution in [2.75, 3.05) is 25.0 Å². The molecule has 0 aromatic heterocycles. The summed E-state index contributed by atoms with van der Waals surface area (Å²) in [7, 11) is 0. The molecule has 5 heteroatoms. The van der Waals surface area contributed by atoms with Crippen molar-refractivity contribution in [3.05, 3.63) is 29.8 Å². The summed E-state index contributed by atoms with van der Waals surface area (Å²) in [5, 5.41) is 5.64. The first-order chi connectivity index (χ1) is 10.1. The third kappa shape index (κ3) is 4.56. The van der Waals surface area contributed by atoms with Gasteiger partial charge < -0.3 is 10.6 Å². The lowest BCUT2D eigenvalue weighted by Crippen LogP contribution is -2.42. The lowest BCUT2D eigenvalue weighted by molar-refractivity contribution is 0.101. The molecule has 0 saturated carbocycles. The van der Waals surface area contributed by atoms with Crippen LogP contribution in [-0.4, -0.2) is 42.4 Å². The van der Waals surface area contributed by atoms with E-state index in [1.54, 1.807) is 24.3 Å². The van der Waals surface area contributed by atoms with Crippen LogP contribution in [0.4, 0.5) is 10.5 Å². The average Bonchev–Trinajstić information content (AvgIpc) is 2.99. The molecule has 21 heavy (non-hydrogen) atoms. The Bertz CT molecular complexity index is 510. The second-order valence-corrected chi connectivity index (χ2v) is 5.56. The van der Waals surface area contributed by atoms with Crippen molar-refractivity contribution in [2.24, 2.45) is 0 Å². The molecule has 1 heterocycles. The molecule has 2 N–H and O–H groups in total. The van der Waals surface area contributed by atoms with E-state index in [1.165, 1.54) is 19.8 Å². The smallest absolute Gasteiger partial charge is 0.319 e. The van der Waals surface area contributed by atoms with E-state index in [0.29, 0.717) is 23.8 Å². The monoisotopic (exact) mass is 289 g/mol. The molecule has 1 atom stereocenters. The molecule has 2 rings (SSSR count). The number of anilines is 1. The van der Waals surface area contributed by atoms with E-state index in [2.05, 4.69) is 22.5 Å². The largest absolute Gasteiger partial charge is 0.336 e. The first-order valence-electron chi connectivity index (χ1n) is 7.46. The van der Waals surface area contributed by atoms with Crippen molar-refractivity contribution in [1.29, 1.82) is 0 Å². The van der Waals surface area contributed by atoms with Gasteiger partial charge in [-0.3, -0.25) is 9.69 Å². The molecule has 1 aliphatic heterocycles. The average molecular weight is 289 g/mol. The molecule has 114 valence electrons. The van der Waals surface area contributed by atoms with Crippen LogP contribution < -0.4 is 10.6 Å². The highest BCUT2D eigenvalue weighted by atomic mass is 16.2. The Morgan fingerprint density at radius 2 is 2.00 bits per heavy atom. The Balaban J connectivity index is 1.81. The minimum atomic E-state index is -0.234. The predicted octanol–water partition coefficient (Wildman–Crippen LogP) is 2.50. The van der Waals surface area contributed by atoms with Gasteiger partial charge in [-0.25, -0.2) is 4.79 Å². The van der Waals surface area contributed by atoms with Gasteiger partial charge in [0.15, 0.2) is 5.78 Å². The first-order valence-corrected chi connectivity index (χ1v) is 7.46. The van der Waals surface area contributed by atoms with Crippen LogP contribution in [0.25, 0.3) is 0 Å². The van der Waals surface area contributed by atoms with Gasteiger partial charge in [-0.15, -0.1) is 0 Å². The van der Waals surface area contributed by atoms with Crippen LogP contribution in [-0.2, 0) is 0 Å². The van der Waals surface area contributed by atoms with Crippen molar-refractivity contribution < 1.29 is 9.59 Å². The van der Waals surface area contributed by atoms with Crippen molar-refractivity contribution in [3.8, 4) is 0 Å². The summed E-state index contributed by atoms with van der Waals surface area (Å²) >= 11 is 0. The summed E-state index contributed by atoms with van der Waals surface area (Å²) < 4.78 is 0. The molecule has 1 aromatic rings. The fourth-order valence-corrected chi connectivity index (χ4v) is 2.54. The van der Waals surface area contributed by atoms with Gasteiger partial charge in [0.05, 0.1) is 0 Å². The number of ketones is 1. The molecule has 1 aromatic carbocycles. The zero-order valence-electron chi connectivity index (χ0n) is 12.7. The minimum absolute atomic E-state index is 0.0123. The van der Waals surface area contributed by atoms with Crippen LogP contribution in [0.2, 0.25) is 0 Å². The summed E-state index contributed by atoms with van der Waals surface area (Å²) in [4.78, 5) is 25.6. The lowest BCUT2D eigenvalue weighted by Gasteiger charge is -2.23. The van der Waals surface area contributed by atoms with Crippen LogP contribution in [0.1, 0.15) is 37.0 Å². The Kier molecular flexibility index (Phi) is 5.33. The third-order valence-corrected chi connectivity index (χ3v) is 3.85. The van der Waals surface area contributed by atoms with Crippen molar-refractivity contribution >= 4 is 17.5 Å². The van der Waals surface area contributed by atoms with Gasteiger partial charge in [0.1, 0.15) is 0 Å². The summed E-state index contributed by atoms with van der Waals surface area (Å²) in [6, 6.07) is 7.07. The Morgan fingerprint density at radius 3 is 2.67 bits per heavy atom. The summed E-state index contributed by atoms with van der Waals surface area (Å²) in [6.07, 6.45) is 2.49. The van der Waals surface area contributed by atoms with Crippen LogP contribution in [0.5, 0.6) is 0 Å². The van der Waals surface area contributed by atoms with E-state index in [-0.39, 0.29) is 11.8 Å². The van der Waals surface area contributed by atoms with Gasteiger partial charge in [0.25, 0.3) is 0 Å². The quantitative estimate of drug-likeness (QED) is 0.819. The van der Waals surface area contributed by atoms with Crippen molar-refractivity contribution in [2.45, 2.75) is 32.7 Å². The Hall–Kier alpha value is -1.88. The molecule has 0 bridgehead atoms. The van der Waals surface area contributed by atoms with E-state index in [0.717, 1.165) is 13.1 Å². The zero-order valence-corrected chi connectivity index (χ0v) is 12.7. The molecular formula is C16H23N3O2. The number of carbonyl (C=O) groups is 2. The normalized spacial score (nSPS) is 16.5. The molecule has 0 radical (unpaired) electrons. The second-order valence-electron chi connectivity index (χ2n) is 5.56. The number of hydrogen-bond donors (Lipinski definition) is 2. The highest BCUT2D eigenvalue weighted by Gasteiger charge is 2.18. The predicted molar refractivity (Wildman–Crippen MR) is 83.7 cm³/mol. The number of nitrogens with one attached hydrogen (secondary N) is 2. The maximum absolute atomic E-state index is 11.9. The number of carbonyl (C=O) groups excluding carboxylic acids is 2.